The maximum absolute atomic E-state index is 11.9. The highest BCUT2D eigenvalue weighted by Gasteiger charge is 2.35. The summed E-state index contributed by atoms with van der Waals surface area (Å²) in [5.41, 5.74) is 0.819. The highest BCUT2D eigenvalue weighted by Crippen LogP contribution is 2.29. The van der Waals surface area contributed by atoms with Gasteiger partial charge in [0.15, 0.2) is 11.5 Å². The average molecular weight is 293 g/mol. The molecule has 0 unspecified atom stereocenters. The van der Waals surface area contributed by atoms with Gasteiger partial charge in [0.05, 0.1) is 26.6 Å². The van der Waals surface area contributed by atoms with Gasteiger partial charge in [0.2, 0.25) is 5.91 Å². The van der Waals surface area contributed by atoms with Crippen LogP contribution in [0.15, 0.2) is 18.2 Å². The van der Waals surface area contributed by atoms with Gasteiger partial charge in [0, 0.05) is 6.04 Å². The third-order valence-corrected chi connectivity index (χ3v) is 3.67. The Morgan fingerprint density at radius 2 is 1.90 bits per heavy atom. The van der Waals surface area contributed by atoms with Gasteiger partial charge in [-0.2, -0.15) is 0 Å². The third kappa shape index (κ3) is 3.65. The van der Waals surface area contributed by atoms with Gasteiger partial charge in [-0.05, 0) is 30.5 Å². The number of carbonyl (C=O) groups excluding carboxylic acids is 1. The molecule has 0 radical (unpaired) electrons. The molecular formula is C15H19NO5. The summed E-state index contributed by atoms with van der Waals surface area (Å²) in [6.45, 7) is 0. The fraction of sp³-hybridized carbons (Fsp3) is 0.467. The predicted molar refractivity (Wildman–Crippen MR) is 75.5 cm³/mol. The van der Waals surface area contributed by atoms with Crippen LogP contribution >= 0.6 is 0 Å². The fourth-order valence-electron chi connectivity index (χ4n) is 2.39. The van der Waals surface area contributed by atoms with Crippen LogP contribution in [-0.2, 0) is 16.0 Å². The molecule has 0 spiro atoms. The number of benzene rings is 1. The van der Waals surface area contributed by atoms with E-state index in [1.54, 1.807) is 26.4 Å². The number of carboxylic acid groups (broad SMARTS) is 1. The number of rotatable bonds is 6. The van der Waals surface area contributed by atoms with Gasteiger partial charge in [-0.1, -0.05) is 6.07 Å². The van der Waals surface area contributed by atoms with E-state index in [2.05, 4.69) is 5.32 Å². The molecule has 21 heavy (non-hydrogen) atoms. The molecular weight excluding hydrogens is 274 g/mol. The molecule has 2 rings (SSSR count). The van der Waals surface area contributed by atoms with Crippen molar-refractivity contribution < 1.29 is 24.2 Å². The molecule has 0 aromatic heterocycles. The second kappa shape index (κ2) is 6.47. The molecule has 2 N–H and O–H groups in total. The molecule has 0 aliphatic heterocycles. The van der Waals surface area contributed by atoms with Gasteiger partial charge in [-0.15, -0.1) is 0 Å². The summed E-state index contributed by atoms with van der Waals surface area (Å²) in [4.78, 5) is 22.6. The van der Waals surface area contributed by atoms with E-state index in [1.807, 2.05) is 6.07 Å². The van der Waals surface area contributed by atoms with E-state index in [4.69, 9.17) is 14.6 Å². The van der Waals surface area contributed by atoms with Crippen LogP contribution < -0.4 is 14.8 Å². The lowest BCUT2D eigenvalue weighted by Crippen LogP contribution is -2.47. The summed E-state index contributed by atoms with van der Waals surface area (Å²) in [6.07, 6.45) is 1.24. The summed E-state index contributed by atoms with van der Waals surface area (Å²) in [6, 6.07) is 5.30. The van der Waals surface area contributed by atoms with Crippen LogP contribution in [0.3, 0.4) is 0 Å². The molecule has 0 heterocycles. The van der Waals surface area contributed by atoms with Crippen molar-refractivity contribution in [1.29, 1.82) is 0 Å². The number of carboxylic acids is 1. The number of hydrogen-bond acceptors (Lipinski definition) is 4. The molecule has 0 bridgehead atoms. The number of nitrogens with one attached hydrogen (secondary N) is 1. The Morgan fingerprint density at radius 3 is 2.48 bits per heavy atom. The molecule has 1 aromatic carbocycles. The Labute approximate surface area is 123 Å². The summed E-state index contributed by atoms with van der Waals surface area (Å²) in [7, 11) is 3.10. The first kappa shape index (κ1) is 15.2. The van der Waals surface area contributed by atoms with Crippen LogP contribution in [0.2, 0.25) is 0 Å². The van der Waals surface area contributed by atoms with Crippen molar-refractivity contribution in [3.8, 4) is 11.5 Å². The van der Waals surface area contributed by atoms with E-state index in [-0.39, 0.29) is 24.3 Å². The van der Waals surface area contributed by atoms with Crippen molar-refractivity contribution >= 4 is 11.9 Å². The van der Waals surface area contributed by atoms with Gasteiger partial charge in [0.1, 0.15) is 0 Å². The Kier molecular flexibility index (Phi) is 4.67. The number of hydrogen-bond donors (Lipinski definition) is 2. The molecule has 114 valence electrons. The van der Waals surface area contributed by atoms with Crippen LogP contribution in [0, 0.1) is 5.92 Å². The highest BCUT2D eigenvalue weighted by molar-refractivity contribution is 5.80. The zero-order chi connectivity index (χ0) is 15.4. The Balaban J connectivity index is 1.87. The van der Waals surface area contributed by atoms with E-state index in [1.165, 1.54) is 0 Å². The van der Waals surface area contributed by atoms with Gasteiger partial charge in [-0.25, -0.2) is 0 Å². The Morgan fingerprint density at radius 1 is 1.24 bits per heavy atom. The number of aliphatic carboxylic acids is 1. The lowest BCUT2D eigenvalue weighted by atomic mass is 9.80. The van der Waals surface area contributed by atoms with Crippen LogP contribution in [0.4, 0.5) is 0 Å². The maximum atomic E-state index is 11.9. The first-order valence-electron chi connectivity index (χ1n) is 6.76. The standard InChI is InChI=1S/C15H19NO5/c1-20-12-4-3-9(5-13(12)21-2)6-14(17)16-11-7-10(8-11)15(18)19/h3-5,10-11H,6-8H2,1-2H3,(H,16,17)(H,18,19). The summed E-state index contributed by atoms with van der Waals surface area (Å²) < 4.78 is 10.3. The third-order valence-electron chi connectivity index (χ3n) is 3.67. The minimum absolute atomic E-state index is 0.0289. The fourth-order valence-corrected chi connectivity index (χ4v) is 2.39. The number of methoxy groups -OCH3 is 2. The van der Waals surface area contributed by atoms with Crippen LogP contribution in [0.5, 0.6) is 11.5 Å². The number of carbonyl (C=O) groups is 2. The van der Waals surface area contributed by atoms with Gasteiger partial charge < -0.3 is 19.9 Å². The molecule has 1 saturated carbocycles. The van der Waals surface area contributed by atoms with Crippen LogP contribution in [-0.4, -0.2) is 37.2 Å². The van der Waals surface area contributed by atoms with Crippen molar-refractivity contribution in [2.24, 2.45) is 5.92 Å². The van der Waals surface area contributed by atoms with Crippen molar-refractivity contribution in [3.05, 3.63) is 23.8 Å². The second-order valence-corrected chi connectivity index (χ2v) is 5.14. The van der Waals surface area contributed by atoms with Crippen LogP contribution in [0.1, 0.15) is 18.4 Å². The van der Waals surface area contributed by atoms with Gasteiger partial charge in [0.25, 0.3) is 0 Å². The van der Waals surface area contributed by atoms with Crippen molar-refractivity contribution in [2.75, 3.05) is 14.2 Å². The highest BCUT2D eigenvalue weighted by atomic mass is 16.5. The maximum Gasteiger partial charge on any atom is 0.306 e. The van der Waals surface area contributed by atoms with E-state index < -0.39 is 5.97 Å². The minimum atomic E-state index is -0.791. The van der Waals surface area contributed by atoms with Crippen molar-refractivity contribution in [3.63, 3.8) is 0 Å². The zero-order valence-corrected chi connectivity index (χ0v) is 12.1. The normalized spacial score (nSPS) is 20.3. The van der Waals surface area contributed by atoms with Crippen LogP contribution in [0.25, 0.3) is 0 Å². The lowest BCUT2D eigenvalue weighted by molar-refractivity contribution is -0.146. The smallest absolute Gasteiger partial charge is 0.306 e. The zero-order valence-electron chi connectivity index (χ0n) is 12.1. The Bertz CT molecular complexity index is 537. The van der Waals surface area contributed by atoms with Crippen molar-refractivity contribution in [1.82, 2.24) is 5.32 Å². The monoisotopic (exact) mass is 293 g/mol. The second-order valence-electron chi connectivity index (χ2n) is 5.14. The van der Waals surface area contributed by atoms with E-state index in [0.29, 0.717) is 24.3 Å². The first-order chi connectivity index (χ1) is 10.0. The van der Waals surface area contributed by atoms with Crippen molar-refractivity contribution in [2.45, 2.75) is 25.3 Å². The number of ether oxygens (including phenoxy) is 2. The molecule has 1 aromatic rings. The molecule has 1 aliphatic rings. The first-order valence-corrected chi connectivity index (χ1v) is 6.76. The molecule has 0 atom stereocenters. The largest absolute Gasteiger partial charge is 0.493 e. The van der Waals surface area contributed by atoms with Gasteiger partial charge in [-0.3, -0.25) is 9.59 Å². The average Bonchev–Trinajstić information content (AvgIpc) is 2.41. The SMILES string of the molecule is COc1ccc(CC(=O)NC2CC(C(=O)O)C2)cc1OC. The Hall–Kier alpha value is -2.24. The molecule has 1 fully saturated rings. The minimum Gasteiger partial charge on any atom is -0.493 e. The van der Waals surface area contributed by atoms with Gasteiger partial charge >= 0.3 is 5.97 Å². The van der Waals surface area contributed by atoms with E-state index in [9.17, 15) is 9.59 Å². The predicted octanol–water partition coefficient (Wildman–Crippen LogP) is 1.23. The quantitative estimate of drug-likeness (QED) is 0.824. The summed E-state index contributed by atoms with van der Waals surface area (Å²) >= 11 is 0. The summed E-state index contributed by atoms with van der Waals surface area (Å²) in [5, 5.41) is 11.6. The molecule has 1 amide bonds. The van der Waals surface area contributed by atoms with E-state index in [0.717, 1.165) is 5.56 Å². The molecule has 6 heteroatoms. The summed E-state index contributed by atoms with van der Waals surface area (Å²) in [5.74, 6) is -0.0323. The van der Waals surface area contributed by atoms with E-state index >= 15 is 0 Å². The topological polar surface area (TPSA) is 84.9 Å². The molecule has 1 aliphatic carbocycles. The molecule has 6 nitrogen and oxygen atoms in total. The number of amides is 1. The molecule has 0 saturated heterocycles. The lowest BCUT2D eigenvalue weighted by Gasteiger charge is -2.32.